The molecule has 2 aliphatic rings. The van der Waals surface area contributed by atoms with Crippen LogP contribution in [0.2, 0.25) is 0 Å². The van der Waals surface area contributed by atoms with E-state index in [1.165, 1.54) is 4.88 Å². The van der Waals surface area contributed by atoms with Crippen molar-refractivity contribution in [2.75, 3.05) is 18.1 Å². The number of thioether (sulfide) groups is 1. The van der Waals surface area contributed by atoms with Crippen molar-refractivity contribution in [1.82, 2.24) is 14.8 Å². The molecule has 1 unspecified atom stereocenters. The van der Waals surface area contributed by atoms with Crippen molar-refractivity contribution in [3.8, 4) is 0 Å². The van der Waals surface area contributed by atoms with Crippen LogP contribution in [0.3, 0.4) is 0 Å². The lowest BCUT2D eigenvalue weighted by Gasteiger charge is -2.45. The number of carbonyl (C=O) groups is 2. The summed E-state index contributed by atoms with van der Waals surface area (Å²) >= 11 is 3.70. The molecule has 1 N–H and O–H groups in total. The van der Waals surface area contributed by atoms with E-state index in [4.69, 9.17) is 0 Å². The third-order valence-corrected chi connectivity index (χ3v) is 9.86. The van der Waals surface area contributed by atoms with Crippen molar-refractivity contribution in [2.24, 2.45) is 5.92 Å². The van der Waals surface area contributed by atoms with Crippen LogP contribution in [-0.2, 0) is 17.8 Å². The Hall–Kier alpha value is -1.47. The molecule has 1 aliphatic carbocycles. The van der Waals surface area contributed by atoms with Crippen molar-refractivity contribution in [3.05, 3.63) is 22.7 Å². The van der Waals surface area contributed by atoms with Gasteiger partial charge < -0.3 is 14.8 Å². The summed E-state index contributed by atoms with van der Waals surface area (Å²) in [5, 5.41) is 3.35. The molecule has 0 aromatic carbocycles. The predicted octanol–water partition coefficient (Wildman–Crippen LogP) is 6.73. The first kappa shape index (κ1) is 28.1. The van der Waals surface area contributed by atoms with Gasteiger partial charge in [-0.3, -0.25) is 9.59 Å². The van der Waals surface area contributed by atoms with E-state index in [2.05, 4.69) is 36.7 Å². The third-order valence-electron chi connectivity index (χ3n) is 7.37. The average Bonchev–Trinajstić information content (AvgIpc) is 3.42. The number of amides is 2. The van der Waals surface area contributed by atoms with Gasteiger partial charge in [-0.2, -0.15) is 11.8 Å². The molecule has 2 aromatic rings. The van der Waals surface area contributed by atoms with Crippen LogP contribution in [0.1, 0.15) is 95.4 Å². The summed E-state index contributed by atoms with van der Waals surface area (Å²) in [6, 6.07) is 4.47. The maximum atomic E-state index is 13.8. The molecule has 0 spiro atoms. The van der Waals surface area contributed by atoms with E-state index in [9.17, 15) is 9.59 Å². The second-order valence-corrected chi connectivity index (χ2v) is 12.5. The van der Waals surface area contributed by atoms with E-state index in [-0.39, 0.29) is 17.9 Å². The molecule has 3 heterocycles. The Kier molecular flexibility index (Phi) is 10.2. The minimum absolute atomic E-state index is 0.00175. The first-order chi connectivity index (χ1) is 16.9. The average molecular weight is 520 g/mol. The van der Waals surface area contributed by atoms with Gasteiger partial charge in [0.1, 0.15) is 11.2 Å². The summed E-state index contributed by atoms with van der Waals surface area (Å²) in [5.74, 6) is 2.91. The van der Waals surface area contributed by atoms with Crippen molar-refractivity contribution in [3.63, 3.8) is 0 Å². The minimum atomic E-state index is -0.872. The molecule has 1 aliphatic heterocycles. The van der Waals surface area contributed by atoms with Gasteiger partial charge in [-0.05, 0) is 81.4 Å². The van der Waals surface area contributed by atoms with Crippen LogP contribution in [0.5, 0.6) is 0 Å². The zero-order valence-electron chi connectivity index (χ0n) is 22.6. The Labute approximate surface area is 220 Å². The zero-order valence-corrected chi connectivity index (χ0v) is 24.2. The molecule has 5 nitrogen and oxygen atoms in total. The van der Waals surface area contributed by atoms with Crippen LogP contribution in [0.25, 0.3) is 10.2 Å². The second kappa shape index (κ2) is 12.7. The van der Waals surface area contributed by atoms with Crippen molar-refractivity contribution < 1.29 is 9.59 Å². The highest BCUT2D eigenvalue weighted by atomic mass is 32.2. The summed E-state index contributed by atoms with van der Waals surface area (Å²) in [4.78, 5) is 30.7. The fourth-order valence-electron chi connectivity index (χ4n) is 5.23. The van der Waals surface area contributed by atoms with Gasteiger partial charge in [-0.1, -0.05) is 34.6 Å². The lowest BCUT2D eigenvalue weighted by molar-refractivity contribution is -0.133. The molecule has 1 fully saturated rings. The number of aryl methyl sites for hydroxylation is 1. The Balaban J connectivity index is 0.00000167. The van der Waals surface area contributed by atoms with E-state index in [1.54, 1.807) is 11.3 Å². The van der Waals surface area contributed by atoms with Crippen LogP contribution in [-0.4, -0.2) is 50.9 Å². The quantitative estimate of drug-likeness (QED) is 0.374. The van der Waals surface area contributed by atoms with Crippen LogP contribution in [0.15, 0.2) is 12.1 Å². The standard InChI is InChI=1S/C26H39N3O2S2.C2H6/c1-5-13-32-14-7-12-29-24(30)22-16-23-21(15-20(6-2)33-23)28(22)17-26(29,4)25(31)27-19-10-8-18(3)9-11-19;1-2/h15-16,18-19H,5-14,17H2,1-4H3,(H,27,31);1-2H3. The fraction of sp³-hybridized carbons (Fsp3) is 0.714. The topological polar surface area (TPSA) is 54.3 Å². The molecular weight excluding hydrogens is 474 g/mol. The Morgan fingerprint density at radius 3 is 2.54 bits per heavy atom. The highest BCUT2D eigenvalue weighted by Gasteiger charge is 2.48. The molecule has 0 bridgehead atoms. The lowest BCUT2D eigenvalue weighted by Crippen LogP contribution is -2.65. The SMILES string of the molecule is CC.CCCSCCCN1C(=O)c2cc3sc(CC)cc3n2CC1(C)C(=O)NC1CCC(C)CC1. The van der Waals surface area contributed by atoms with E-state index >= 15 is 0 Å². The summed E-state index contributed by atoms with van der Waals surface area (Å²) in [6.45, 7) is 13.8. The molecule has 7 heteroatoms. The Morgan fingerprint density at radius 1 is 1.17 bits per heavy atom. The maximum Gasteiger partial charge on any atom is 0.271 e. The normalized spacial score (nSPS) is 24.2. The number of fused-ring (bicyclic) bond motifs is 3. The third kappa shape index (κ3) is 6.10. The summed E-state index contributed by atoms with van der Waals surface area (Å²) in [6.07, 6.45) is 7.46. The van der Waals surface area contributed by atoms with Gasteiger partial charge in [0.2, 0.25) is 5.91 Å². The molecule has 0 radical (unpaired) electrons. The Bertz CT molecular complexity index is 990. The van der Waals surface area contributed by atoms with E-state index in [0.29, 0.717) is 13.1 Å². The molecular formula is C28H45N3O2S2. The van der Waals surface area contributed by atoms with Gasteiger partial charge in [-0.15, -0.1) is 11.3 Å². The molecule has 0 saturated heterocycles. The first-order valence-corrected chi connectivity index (χ1v) is 15.7. The largest absolute Gasteiger partial charge is 0.351 e. The van der Waals surface area contributed by atoms with Gasteiger partial charge in [0.25, 0.3) is 5.91 Å². The summed E-state index contributed by atoms with van der Waals surface area (Å²) in [7, 11) is 0. The monoisotopic (exact) mass is 519 g/mol. The van der Waals surface area contributed by atoms with Crippen molar-refractivity contribution >= 4 is 45.1 Å². The number of hydrogen-bond acceptors (Lipinski definition) is 4. The number of rotatable bonds is 9. The van der Waals surface area contributed by atoms with Crippen LogP contribution in [0.4, 0.5) is 0 Å². The van der Waals surface area contributed by atoms with Crippen LogP contribution in [0, 0.1) is 5.92 Å². The van der Waals surface area contributed by atoms with E-state index in [1.807, 2.05) is 43.5 Å². The molecule has 4 rings (SSSR count). The predicted molar refractivity (Wildman–Crippen MR) is 152 cm³/mol. The van der Waals surface area contributed by atoms with Gasteiger partial charge >= 0.3 is 0 Å². The number of nitrogens with zero attached hydrogens (tertiary/aromatic N) is 2. The highest BCUT2D eigenvalue weighted by Crippen LogP contribution is 2.36. The summed E-state index contributed by atoms with van der Waals surface area (Å²) in [5.41, 5.74) is 0.962. The summed E-state index contributed by atoms with van der Waals surface area (Å²) < 4.78 is 3.26. The number of thiophene rings is 1. The molecule has 2 aromatic heterocycles. The second-order valence-electron chi connectivity index (χ2n) is 10.1. The lowest BCUT2D eigenvalue weighted by atomic mass is 9.86. The van der Waals surface area contributed by atoms with Gasteiger partial charge in [0, 0.05) is 17.5 Å². The smallest absolute Gasteiger partial charge is 0.271 e. The van der Waals surface area contributed by atoms with Crippen molar-refractivity contribution in [1.29, 1.82) is 0 Å². The van der Waals surface area contributed by atoms with Crippen LogP contribution < -0.4 is 5.32 Å². The van der Waals surface area contributed by atoms with E-state index < -0.39 is 5.54 Å². The number of nitrogens with one attached hydrogen (secondary N) is 1. The number of hydrogen-bond donors (Lipinski definition) is 1. The molecule has 1 saturated carbocycles. The number of aromatic nitrogens is 1. The van der Waals surface area contributed by atoms with Gasteiger partial charge in [0.15, 0.2) is 0 Å². The van der Waals surface area contributed by atoms with Gasteiger partial charge in [0.05, 0.1) is 16.8 Å². The zero-order chi connectivity index (χ0) is 25.6. The number of carbonyl (C=O) groups excluding carboxylic acids is 2. The minimum Gasteiger partial charge on any atom is -0.351 e. The molecule has 2 amide bonds. The Morgan fingerprint density at radius 2 is 1.89 bits per heavy atom. The molecule has 35 heavy (non-hydrogen) atoms. The maximum absolute atomic E-state index is 13.8. The fourth-order valence-corrected chi connectivity index (χ4v) is 7.10. The first-order valence-electron chi connectivity index (χ1n) is 13.7. The molecule has 1 atom stereocenters. The van der Waals surface area contributed by atoms with E-state index in [0.717, 1.165) is 78.3 Å². The van der Waals surface area contributed by atoms with Crippen molar-refractivity contribution in [2.45, 2.75) is 105 Å². The van der Waals surface area contributed by atoms with Gasteiger partial charge in [-0.25, -0.2) is 0 Å². The van der Waals surface area contributed by atoms with Crippen LogP contribution >= 0.6 is 23.1 Å². The highest BCUT2D eigenvalue weighted by molar-refractivity contribution is 7.99. The molecule has 196 valence electrons.